The van der Waals surface area contributed by atoms with Crippen molar-refractivity contribution in [2.24, 2.45) is 0 Å². The zero-order valence-electron chi connectivity index (χ0n) is 9.71. The molecule has 0 aromatic carbocycles. The second-order valence-electron chi connectivity index (χ2n) is 4.65. The molecular formula is C12H21NOS. The van der Waals surface area contributed by atoms with Gasteiger partial charge < -0.3 is 10.1 Å². The summed E-state index contributed by atoms with van der Waals surface area (Å²) in [5.74, 6) is 1.31. The second-order valence-corrected chi connectivity index (χ2v) is 6.28. The van der Waals surface area contributed by atoms with Crippen LogP contribution in [-0.4, -0.2) is 30.2 Å². The van der Waals surface area contributed by atoms with Crippen LogP contribution in [0.15, 0.2) is 11.8 Å². The lowest BCUT2D eigenvalue weighted by Crippen LogP contribution is -2.45. The lowest BCUT2D eigenvalue weighted by atomic mass is 9.88. The van der Waals surface area contributed by atoms with Crippen molar-refractivity contribution in [3.63, 3.8) is 0 Å². The molecule has 2 aliphatic rings. The predicted molar refractivity (Wildman–Crippen MR) is 66.2 cm³/mol. The van der Waals surface area contributed by atoms with E-state index in [-0.39, 0.29) is 0 Å². The number of likely N-dealkylation sites (N-methyl/N-ethyl adjacent to an activating group) is 1. The SMILES string of the molecule is CNC(C1=COCCC1)C1(C)CCCS1. The van der Waals surface area contributed by atoms with Gasteiger partial charge in [-0.05, 0) is 51.0 Å². The Bertz CT molecular complexity index is 246. The second kappa shape index (κ2) is 4.79. The minimum Gasteiger partial charge on any atom is -0.501 e. The Labute approximate surface area is 96.8 Å². The Kier molecular flexibility index (Phi) is 3.62. The number of thioether (sulfide) groups is 1. The van der Waals surface area contributed by atoms with Crippen LogP contribution in [0, 0.1) is 0 Å². The van der Waals surface area contributed by atoms with Crippen LogP contribution in [-0.2, 0) is 4.74 Å². The van der Waals surface area contributed by atoms with E-state index >= 15 is 0 Å². The molecule has 0 saturated carbocycles. The summed E-state index contributed by atoms with van der Waals surface area (Å²) in [6.45, 7) is 3.28. The summed E-state index contributed by atoms with van der Waals surface area (Å²) in [7, 11) is 2.07. The summed E-state index contributed by atoms with van der Waals surface area (Å²) >= 11 is 2.11. The molecule has 0 bridgehead atoms. The fourth-order valence-corrected chi connectivity index (χ4v) is 4.19. The van der Waals surface area contributed by atoms with E-state index < -0.39 is 0 Å². The standard InChI is InChI=1S/C12H21NOS/c1-12(6-4-8-15-12)11(13-2)10-5-3-7-14-9-10/h9,11,13H,3-8H2,1-2H3. The van der Waals surface area contributed by atoms with Crippen molar-refractivity contribution in [3.8, 4) is 0 Å². The normalized spacial score (nSPS) is 33.3. The van der Waals surface area contributed by atoms with Crippen LogP contribution in [0.1, 0.15) is 32.6 Å². The molecule has 1 saturated heterocycles. The van der Waals surface area contributed by atoms with Crippen molar-refractivity contribution in [3.05, 3.63) is 11.8 Å². The molecule has 2 rings (SSSR count). The zero-order valence-corrected chi connectivity index (χ0v) is 10.5. The van der Waals surface area contributed by atoms with E-state index in [0.717, 1.165) is 6.61 Å². The molecule has 0 aliphatic carbocycles. The van der Waals surface area contributed by atoms with Crippen LogP contribution in [0.4, 0.5) is 0 Å². The van der Waals surface area contributed by atoms with E-state index in [0.29, 0.717) is 10.8 Å². The first-order valence-corrected chi connectivity index (χ1v) is 6.86. The molecule has 0 amide bonds. The highest BCUT2D eigenvalue weighted by atomic mass is 32.2. The first-order chi connectivity index (χ1) is 7.26. The molecule has 15 heavy (non-hydrogen) atoms. The van der Waals surface area contributed by atoms with Crippen LogP contribution in [0.2, 0.25) is 0 Å². The highest BCUT2D eigenvalue weighted by Crippen LogP contribution is 2.43. The first-order valence-electron chi connectivity index (χ1n) is 5.88. The lowest BCUT2D eigenvalue weighted by Gasteiger charge is -2.35. The third-order valence-corrected chi connectivity index (χ3v) is 5.07. The minimum atomic E-state index is 0.376. The van der Waals surface area contributed by atoms with Crippen molar-refractivity contribution in [1.29, 1.82) is 0 Å². The molecule has 3 heteroatoms. The monoisotopic (exact) mass is 227 g/mol. The molecule has 0 radical (unpaired) electrons. The molecule has 2 aliphatic heterocycles. The topological polar surface area (TPSA) is 21.3 Å². The van der Waals surface area contributed by atoms with Crippen LogP contribution < -0.4 is 5.32 Å². The van der Waals surface area contributed by atoms with Crippen molar-refractivity contribution in [2.45, 2.75) is 43.4 Å². The molecule has 2 nitrogen and oxygen atoms in total. The first kappa shape index (κ1) is 11.3. The van der Waals surface area contributed by atoms with Crippen molar-refractivity contribution in [1.82, 2.24) is 5.32 Å². The largest absolute Gasteiger partial charge is 0.501 e. The molecule has 86 valence electrons. The van der Waals surface area contributed by atoms with Crippen LogP contribution in [0.5, 0.6) is 0 Å². The van der Waals surface area contributed by atoms with Gasteiger partial charge in [-0.25, -0.2) is 0 Å². The summed E-state index contributed by atoms with van der Waals surface area (Å²) in [5, 5.41) is 3.49. The Hall–Kier alpha value is -0.150. The zero-order chi connectivity index (χ0) is 10.7. The highest BCUT2D eigenvalue weighted by molar-refractivity contribution is 8.00. The molecule has 2 unspecified atom stereocenters. The maximum absolute atomic E-state index is 5.46. The molecule has 1 fully saturated rings. The number of nitrogens with one attached hydrogen (secondary N) is 1. The molecule has 0 aromatic heterocycles. The van der Waals surface area contributed by atoms with E-state index in [4.69, 9.17) is 4.74 Å². The van der Waals surface area contributed by atoms with Crippen molar-refractivity contribution >= 4 is 11.8 Å². The van der Waals surface area contributed by atoms with E-state index in [2.05, 4.69) is 31.1 Å². The Morgan fingerprint density at radius 1 is 1.53 bits per heavy atom. The number of ether oxygens (including phenoxy) is 1. The fourth-order valence-electron chi connectivity index (χ4n) is 2.71. The van der Waals surface area contributed by atoms with Crippen LogP contribution in [0.25, 0.3) is 0 Å². The minimum absolute atomic E-state index is 0.376. The summed E-state index contributed by atoms with van der Waals surface area (Å²) < 4.78 is 5.83. The quantitative estimate of drug-likeness (QED) is 0.800. The van der Waals surface area contributed by atoms with Crippen LogP contribution in [0.3, 0.4) is 0 Å². The van der Waals surface area contributed by atoms with E-state index in [1.807, 2.05) is 6.26 Å². The average molecular weight is 227 g/mol. The van der Waals surface area contributed by atoms with Gasteiger partial charge in [-0.1, -0.05) is 0 Å². The number of rotatable bonds is 3. The van der Waals surface area contributed by atoms with Gasteiger partial charge in [-0.15, -0.1) is 0 Å². The third kappa shape index (κ3) is 2.34. The number of hydrogen-bond donors (Lipinski definition) is 1. The fraction of sp³-hybridized carbons (Fsp3) is 0.833. The number of hydrogen-bond acceptors (Lipinski definition) is 3. The predicted octanol–water partition coefficient (Wildman–Crippen LogP) is 2.55. The van der Waals surface area contributed by atoms with Gasteiger partial charge in [0.2, 0.25) is 0 Å². The van der Waals surface area contributed by atoms with Gasteiger partial charge in [0.05, 0.1) is 12.9 Å². The van der Waals surface area contributed by atoms with Gasteiger partial charge in [0, 0.05) is 10.8 Å². The van der Waals surface area contributed by atoms with E-state index in [9.17, 15) is 0 Å². The summed E-state index contributed by atoms with van der Waals surface area (Å²) in [6.07, 6.45) is 7.04. The third-order valence-electron chi connectivity index (χ3n) is 3.48. The van der Waals surface area contributed by atoms with Crippen molar-refractivity contribution in [2.75, 3.05) is 19.4 Å². The van der Waals surface area contributed by atoms with Crippen molar-refractivity contribution < 1.29 is 4.74 Å². The van der Waals surface area contributed by atoms with E-state index in [1.54, 1.807) is 0 Å². The maximum atomic E-state index is 5.46. The smallest absolute Gasteiger partial charge is 0.0876 e. The molecule has 0 aromatic rings. The van der Waals surface area contributed by atoms with Gasteiger partial charge in [0.15, 0.2) is 0 Å². The molecule has 1 N–H and O–H groups in total. The molecule has 0 spiro atoms. The highest BCUT2D eigenvalue weighted by Gasteiger charge is 2.39. The molecule has 2 atom stereocenters. The Balaban J connectivity index is 2.11. The average Bonchev–Trinajstić information content (AvgIpc) is 2.68. The van der Waals surface area contributed by atoms with E-state index in [1.165, 1.54) is 37.0 Å². The molecule has 2 heterocycles. The summed E-state index contributed by atoms with van der Waals surface area (Å²) in [5.41, 5.74) is 1.46. The maximum Gasteiger partial charge on any atom is 0.0876 e. The summed E-state index contributed by atoms with van der Waals surface area (Å²) in [4.78, 5) is 0. The van der Waals surface area contributed by atoms with Crippen LogP contribution >= 0.6 is 11.8 Å². The lowest BCUT2D eigenvalue weighted by molar-refractivity contribution is 0.217. The Morgan fingerprint density at radius 2 is 2.40 bits per heavy atom. The van der Waals surface area contributed by atoms with Gasteiger partial charge in [0.1, 0.15) is 0 Å². The van der Waals surface area contributed by atoms with Gasteiger partial charge in [-0.2, -0.15) is 11.8 Å². The molecular weight excluding hydrogens is 206 g/mol. The van der Waals surface area contributed by atoms with Gasteiger partial charge in [0.25, 0.3) is 0 Å². The van der Waals surface area contributed by atoms with Gasteiger partial charge in [-0.3, -0.25) is 0 Å². The van der Waals surface area contributed by atoms with Gasteiger partial charge >= 0.3 is 0 Å². The Morgan fingerprint density at radius 3 is 2.93 bits per heavy atom. The summed E-state index contributed by atoms with van der Waals surface area (Å²) in [6, 6.07) is 0.491.